The second-order valence-electron chi connectivity index (χ2n) is 3.28. The molecule has 0 saturated heterocycles. The van der Waals surface area contributed by atoms with E-state index in [1.165, 1.54) is 0 Å². The summed E-state index contributed by atoms with van der Waals surface area (Å²) < 4.78 is 0. The second-order valence-corrected chi connectivity index (χ2v) is 3.28. The van der Waals surface area contributed by atoms with E-state index in [0.29, 0.717) is 5.92 Å². The van der Waals surface area contributed by atoms with Crippen LogP contribution in [0.25, 0.3) is 0 Å². The van der Waals surface area contributed by atoms with Crippen molar-refractivity contribution in [2.45, 2.75) is 18.8 Å². The summed E-state index contributed by atoms with van der Waals surface area (Å²) >= 11 is 0. The predicted octanol–water partition coefficient (Wildman–Crippen LogP) is 1.24. The van der Waals surface area contributed by atoms with Crippen molar-refractivity contribution in [3.05, 3.63) is 23.4 Å². The number of anilines is 1. The summed E-state index contributed by atoms with van der Waals surface area (Å²) in [4.78, 5) is 14.6. The van der Waals surface area contributed by atoms with Crippen LogP contribution in [0.1, 0.15) is 34.7 Å². The molecule has 0 spiro atoms. The average molecular weight is 178 g/mol. The summed E-state index contributed by atoms with van der Waals surface area (Å²) in [5.74, 6) is -0.407. The molecule has 0 bridgehead atoms. The maximum Gasteiger partial charge on any atom is 0.339 e. The smallest absolute Gasteiger partial charge is 0.339 e. The number of hydrogen-bond acceptors (Lipinski definition) is 3. The number of nitrogens with zero attached hydrogens (tertiary/aromatic N) is 1. The number of nitrogens with two attached hydrogens (primary N) is 1. The second kappa shape index (κ2) is 2.73. The minimum atomic E-state index is -1.01. The first kappa shape index (κ1) is 8.04. The molecule has 0 aliphatic heterocycles. The molecule has 0 amide bonds. The van der Waals surface area contributed by atoms with Gasteiger partial charge in [0.2, 0.25) is 0 Å². The number of carboxylic acid groups (broad SMARTS) is 1. The number of carbonyl (C=O) groups is 1. The van der Waals surface area contributed by atoms with Gasteiger partial charge in [-0.3, -0.25) is 0 Å². The molecule has 2 rings (SSSR count). The molecule has 1 aliphatic carbocycles. The Kier molecular flexibility index (Phi) is 1.69. The first-order chi connectivity index (χ1) is 6.18. The third-order valence-electron chi connectivity index (χ3n) is 2.22. The molecule has 1 heterocycles. The van der Waals surface area contributed by atoms with Crippen LogP contribution in [-0.2, 0) is 0 Å². The van der Waals surface area contributed by atoms with E-state index in [9.17, 15) is 4.79 Å². The number of nitrogen functional groups attached to an aromatic ring is 1. The standard InChI is InChI=1S/C9H10N2O2/c10-8-7(9(12)13)3-6(4-11-8)5-1-2-5/h3-5H,1-2H2,(H2,10,11)(H,12,13). The molecule has 1 aromatic heterocycles. The van der Waals surface area contributed by atoms with Gasteiger partial charge in [0.25, 0.3) is 0 Å². The van der Waals surface area contributed by atoms with Crippen molar-refractivity contribution in [2.75, 3.05) is 5.73 Å². The van der Waals surface area contributed by atoms with Gasteiger partial charge in [0.1, 0.15) is 11.4 Å². The summed E-state index contributed by atoms with van der Waals surface area (Å²) in [5.41, 5.74) is 6.53. The number of aromatic carboxylic acids is 1. The van der Waals surface area contributed by atoms with Gasteiger partial charge < -0.3 is 10.8 Å². The highest BCUT2D eigenvalue weighted by Crippen LogP contribution is 2.40. The van der Waals surface area contributed by atoms with E-state index in [0.717, 1.165) is 18.4 Å². The lowest BCUT2D eigenvalue weighted by Crippen LogP contribution is -2.05. The lowest BCUT2D eigenvalue weighted by Gasteiger charge is -2.02. The predicted molar refractivity (Wildman–Crippen MR) is 47.6 cm³/mol. The number of rotatable bonds is 2. The van der Waals surface area contributed by atoms with E-state index in [1.807, 2.05) is 0 Å². The van der Waals surface area contributed by atoms with Gasteiger partial charge in [-0.1, -0.05) is 0 Å². The van der Waals surface area contributed by atoms with Gasteiger partial charge in [0, 0.05) is 6.20 Å². The van der Waals surface area contributed by atoms with E-state index >= 15 is 0 Å². The zero-order valence-corrected chi connectivity index (χ0v) is 7.03. The maximum atomic E-state index is 10.7. The Hall–Kier alpha value is -1.58. The molecule has 0 aromatic carbocycles. The fraction of sp³-hybridized carbons (Fsp3) is 0.333. The summed E-state index contributed by atoms with van der Waals surface area (Å²) in [6.07, 6.45) is 3.93. The minimum Gasteiger partial charge on any atom is -0.478 e. The lowest BCUT2D eigenvalue weighted by molar-refractivity contribution is 0.0697. The number of pyridine rings is 1. The largest absolute Gasteiger partial charge is 0.478 e. The van der Waals surface area contributed by atoms with Crippen LogP contribution < -0.4 is 5.73 Å². The van der Waals surface area contributed by atoms with Crippen LogP contribution in [-0.4, -0.2) is 16.1 Å². The number of hydrogen-bond donors (Lipinski definition) is 2. The van der Waals surface area contributed by atoms with Crippen molar-refractivity contribution in [2.24, 2.45) is 0 Å². The molecule has 0 atom stereocenters. The zero-order valence-electron chi connectivity index (χ0n) is 7.03. The van der Waals surface area contributed by atoms with Crippen molar-refractivity contribution >= 4 is 11.8 Å². The summed E-state index contributed by atoms with van der Waals surface area (Å²) in [5, 5.41) is 8.77. The van der Waals surface area contributed by atoms with E-state index in [4.69, 9.17) is 10.8 Å². The molecular weight excluding hydrogens is 168 g/mol. The van der Waals surface area contributed by atoms with Gasteiger partial charge in [-0.2, -0.15) is 0 Å². The first-order valence-electron chi connectivity index (χ1n) is 4.17. The van der Waals surface area contributed by atoms with Gasteiger partial charge in [0.15, 0.2) is 0 Å². The van der Waals surface area contributed by atoms with Crippen LogP contribution in [0.5, 0.6) is 0 Å². The van der Waals surface area contributed by atoms with Crippen molar-refractivity contribution in [1.82, 2.24) is 4.98 Å². The molecule has 4 nitrogen and oxygen atoms in total. The van der Waals surface area contributed by atoms with Gasteiger partial charge >= 0.3 is 5.97 Å². The fourth-order valence-electron chi connectivity index (χ4n) is 1.30. The van der Waals surface area contributed by atoms with Crippen molar-refractivity contribution in [3.8, 4) is 0 Å². The Bertz CT molecular complexity index is 359. The van der Waals surface area contributed by atoms with Crippen LogP contribution in [0.3, 0.4) is 0 Å². The van der Waals surface area contributed by atoms with Crippen LogP contribution in [0.2, 0.25) is 0 Å². The quantitative estimate of drug-likeness (QED) is 0.714. The Labute approximate surface area is 75.4 Å². The van der Waals surface area contributed by atoms with Gasteiger partial charge in [-0.15, -0.1) is 0 Å². The minimum absolute atomic E-state index is 0.0944. The van der Waals surface area contributed by atoms with Crippen molar-refractivity contribution in [3.63, 3.8) is 0 Å². The third-order valence-corrected chi connectivity index (χ3v) is 2.22. The van der Waals surface area contributed by atoms with Gasteiger partial charge in [0.05, 0.1) is 0 Å². The highest BCUT2D eigenvalue weighted by atomic mass is 16.4. The van der Waals surface area contributed by atoms with Gasteiger partial charge in [-0.05, 0) is 30.4 Å². The Balaban J connectivity index is 2.41. The monoisotopic (exact) mass is 178 g/mol. The number of aromatic nitrogens is 1. The molecule has 1 aromatic rings. The molecule has 68 valence electrons. The van der Waals surface area contributed by atoms with E-state index < -0.39 is 5.97 Å². The van der Waals surface area contributed by atoms with Crippen LogP contribution in [0.15, 0.2) is 12.3 Å². The molecule has 0 radical (unpaired) electrons. The van der Waals surface area contributed by atoms with Crippen LogP contribution >= 0.6 is 0 Å². The summed E-state index contributed by atoms with van der Waals surface area (Å²) in [7, 11) is 0. The molecule has 4 heteroatoms. The topological polar surface area (TPSA) is 76.2 Å². The average Bonchev–Trinajstić information content (AvgIpc) is 2.87. The zero-order chi connectivity index (χ0) is 9.42. The molecule has 1 fully saturated rings. The first-order valence-corrected chi connectivity index (χ1v) is 4.17. The maximum absolute atomic E-state index is 10.7. The highest BCUT2D eigenvalue weighted by Gasteiger charge is 2.25. The molecule has 13 heavy (non-hydrogen) atoms. The van der Waals surface area contributed by atoms with Crippen LogP contribution in [0, 0.1) is 0 Å². The van der Waals surface area contributed by atoms with E-state index in [2.05, 4.69) is 4.98 Å². The summed E-state index contributed by atoms with van der Waals surface area (Å²) in [6.45, 7) is 0. The molecule has 1 saturated carbocycles. The van der Waals surface area contributed by atoms with Crippen molar-refractivity contribution < 1.29 is 9.90 Å². The molecule has 3 N–H and O–H groups in total. The molecule has 1 aliphatic rings. The number of carboxylic acids is 1. The molecular formula is C9H10N2O2. The molecule has 0 unspecified atom stereocenters. The van der Waals surface area contributed by atoms with Crippen LogP contribution in [0.4, 0.5) is 5.82 Å². The third kappa shape index (κ3) is 1.47. The Morgan fingerprint density at radius 3 is 2.85 bits per heavy atom. The van der Waals surface area contributed by atoms with Gasteiger partial charge in [-0.25, -0.2) is 9.78 Å². The van der Waals surface area contributed by atoms with E-state index in [-0.39, 0.29) is 11.4 Å². The lowest BCUT2D eigenvalue weighted by atomic mass is 10.1. The van der Waals surface area contributed by atoms with E-state index in [1.54, 1.807) is 12.3 Å². The SMILES string of the molecule is Nc1ncc(C2CC2)cc1C(=O)O. The highest BCUT2D eigenvalue weighted by molar-refractivity contribution is 5.92. The normalized spacial score (nSPS) is 15.7. The van der Waals surface area contributed by atoms with Crippen molar-refractivity contribution in [1.29, 1.82) is 0 Å². The summed E-state index contributed by atoms with van der Waals surface area (Å²) in [6, 6.07) is 1.63. The Morgan fingerprint density at radius 2 is 2.31 bits per heavy atom. The fourth-order valence-corrected chi connectivity index (χ4v) is 1.30. The Morgan fingerprint density at radius 1 is 1.62 bits per heavy atom.